The molecule has 0 atom stereocenters. The summed E-state index contributed by atoms with van der Waals surface area (Å²) in [6, 6.07) is 0. The van der Waals surface area contributed by atoms with Crippen LogP contribution in [-0.4, -0.2) is 92.2 Å². The van der Waals surface area contributed by atoms with E-state index in [4.69, 9.17) is 24.5 Å². The zero-order valence-corrected chi connectivity index (χ0v) is 39.4. The molecular weight excluding hydrogens is 711 g/mol. The van der Waals surface area contributed by atoms with Gasteiger partial charge < -0.3 is 55.5 Å². The van der Waals surface area contributed by atoms with Gasteiger partial charge in [0.25, 0.3) is 0 Å². The van der Waals surface area contributed by atoms with E-state index in [2.05, 4.69) is 27.7 Å². The molecule has 0 radical (unpaired) electrons. The molecule has 0 fully saturated rings. The fourth-order valence-corrected chi connectivity index (χ4v) is 15.2. The number of unbranched alkanes of at least 4 members (excludes halogenated alkanes) is 20. The number of rotatable bonds is 28. The third-order valence-corrected chi connectivity index (χ3v) is 21.7. The van der Waals surface area contributed by atoms with Gasteiger partial charge in [0.1, 0.15) is 0 Å². The first-order valence-electron chi connectivity index (χ1n) is 17.4. The second kappa shape index (κ2) is 42.8. The van der Waals surface area contributed by atoms with Crippen molar-refractivity contribution in [1.82, 2.24) is 0 Å². The summed E-state index contributed by atoms with van der Waals surface area (Å²) in [5.74, 6) is 3.24. The first kappa shape index (κ1) is 58.7. The third kappa shape index (κ3) is 44.5. The smallest absolute Gasteiger partial charge is 0.854 e. The van der Waals surface area contributed by atoms with Crippen LogP contribution in [0.3, 0.4) is 0 Å². The number of hydrogen-bond donors (Lipinski definition) is 0. The van der Waals surface area contributed by atoms with Crippen molar-refractivity contribution >= 4 is 125 Å². The summed E-state index contributed by atoms with van der Waals surface area (Å²) in [4.78, 5) is 46.9. The monoisotopic (exact) mass is 778 g/mol. The fourth-order valence-electron chi connectivity index (χ4n) is 4.85. The average Bonchev–Trinajstić information content (AvgIpc) is 2.93. The maximum absolute atomic E-state index is 11.7. The zero-order valence-electron chi connectivity index (χ0n) is 30.1. The van der Waals surface area contributed by atoms with Crippen LogP contribution in [0.15, 0.2) is 0 Å². The Balaban J connectivity index is -0.000000222. The Bertz CT molecular complexity index is 601. The zero-order chi connectivity index (χ0) is 32.0. The first-order valence-corrected chi connectivity index (χ1v) is 27.1. The van der Waals surface area contributed by atoms with E-state index in [0.29, 0.717) is 0 Å². The maximum Gasteiger partial charge on any atom is 2.00 e. The number of hydrogen-bond acceptors (Lipinski definition) is 6. The van der Waals surface area contributed by atoms with Crippen molar-refractivity contribution in [1.29, 1.82) is 0 Å². The van der Waals surface area contributed by atoms with Crippen molar-refractivity contribution in [3.05, 3.63) is 0 Å². The molecule has 45 heavy (non-hydrogen) atoms. The molecule has 0 N–H and O–H groups in total. The minimum absolute atomic E-state index is 0. The third-order valence-electron chi connectivity index (χ3n) is 7.57. The molecule has 0 aliphatic rings. The average molecular weight is 780 g/mol. The van der Waals surface area contributed by atoms with Crippen molar-refractivity contribution in [2.75, 3.05) is 23.0 Å². The Hall–Kier alpha value is 4.40. The second-order valence-electron chi connectivity index (χ2n) is 11.7. The van der Waals surface area contributed by atoms with Crippen LogP contribution in [-0.2, 0) is 44.6 Å². The summed E-state index contributed by atoms with van der Waals surface area (Å²) in [7, 11) is -1.08. The molecule has 0 aliphatic heterocycles. The summed E-state index contributed by atoms with van der Waals surface area (Å²) < 4.78 is 0. The van der Waals surface area contributed by atoms with Gasteiger partial charge in [-0.3, -0.25) is 0 Å². The molecule has 0 heterocycles. The van der Waals surface area contributed by atoms with E-state index in [-0.39, 0.29) is 69.2 Å². The van der Waals surface area contributed by atoms with Crippen LogP contribution in [0.2, 0.25) is 0 Å². The summed E-state index contributed by atoms with van der Waals surface area (Å²) in [6.07, 6.45) is 29.1. The molecular formula is C32H68Mg3O4P2S4. The maximum atomic E-state index is 11.7. The van der Waals surface area contributed by atoms with Gasteiger partial charge in [0.15, 0.2) is 0 Å². The van der Waals surface area contributed by atoms with Crippen LogP contribution >= 0.6 is 11.4 Å². The van der Waals surface area contributed by atoms with Crippen molar-refractivity contribution in [3.8, 4) is 0 Å². The summed E-state index contributed by atoms with van der Waals surface area (Å²) in [5, 5.41) is 0. The van der Waals surface area contributed by atoms with Gasteiger partial charge in [0.05, 0.1) is 0 Å². The summed E-state index contributed by atoms with van der Waals surface area (Å²) in [6.45, 7) is 8.84. The Morgan fingerprint density at radius 1 is 0.333 bits per heavy atom. The Kier molecular flexibility index (Phi) is 55.8. The Labute approximate surface area is 345 Å². The van der Waals surface area contributed by atoms with Crippen LogP contribution in [0.1, 0.15) is 182 Å². The van der Waals surface area contributed by atoms with Crippen LogP contribution in [0.5, 0.6) is 0 Å². The van der Waals surface area contributed by atoms with Gasteiger partial charge in [-0.2, -0.15) is 0 Å². The molecule has 13 heteroatoms. The van der Waals surface area contributed by atoms with Gasteiger partial charge in [-0.1, -0.05) is 156 Å². The van der Waals surface area contributed by atoms with Crippen molar-refractivity contribution in [2.24, 2.45) is 0 Å². The van der Waals surface area contributed by atoms with Gasteiger partial charge in [0, 0.05) is 0 Å². The molecule has 0 spiro atoms. The van der Waals surface area contributed by atoms with Crippen molar-refractivity contribution in [3.63, 3.8) is 0 Å². The minimum atomic E-state index is -3.54. The topological polar surface area (TPSA) is 92.2 Å². The van der Waals surface area contributed by atoms with E-state index in [1.807, 2.05) is 0 Å². The van der Waals surface area contributed by atoms with Crippen molar-refractivity contribution < 1.29 is 19.6 Å². The van der Waals surface area contributed by atoms with E-state index >= 15 is 0 Å². The Morgan fingerprint density at radius 2 is 0.489 bits per heavy atom. The molecule has 0 amide bonds. The van der Waals surface area contributed by atoms with Crippen LogP contribution in [0.25, 0.3) is 0 Å². The molecule has 0 rings (SSSR count). The fraction of sp³-hybridized carbons (Fsp3) is 1.00. The molecule has 4 nitrogen and oxygen atoms in total. The van der Waals surface area contributed by atoms with Gasteiger partial charge in [0.2, 0.25) is 0 Å². The molecule has 260 valence electrons. The largest absolute Gasteiger partial charge is 2.00 e. The van der Waals surface area contributed by atoms with Crippen LogP contribution < -0.4 is 19.6 Å². The van der Waals surface area contributed by atoms with Gasteiger partial charge in [-0.25, -0.2) is 20.1 Å². The van der Waals surface area contributed by atoms with E-state index in [9.17, 15) is 19.6 Å². The van der Waals surface area contributed by atoms with E-state index in [1.165, 1.54) is 103 Å². The van der Waals surface area contributed by atoms with Gasteiger partial charge in [-0.15, -0.1) is 0 Å². The van der Waals surface area contributed by atoms with E-state index in [0.717, 1.165) is 74.4 Å². The summed E-state index contributed by atoms with van der Waals surface area (Å²) >= 11 is 9.52. The minimum Gasteiger partial charge on any atom is -0.854 e. The predicted molar refractivity (Wildman–Crippen MR) is 214 cm³/mol. The summed E-state index contributed by atoms with van der Waals surface area (Å²) in [5.41, 5.74) is -7.07. The SMILES string of the molecule is CCCCCCCCS(CCCCCCCC)=P([O-])([O-])[S-].CCCCCCCCS(CCCCCCCC)=P([O-])([O-])[S-].[Mg+2].[Mg+2].[Mg+2]. The first-order chi connectivity index (χ1) is 20.0. The molecule has 0 aliphatic carbocycles. The van der Waals surface area contributed by atoms with Crippen molar-refractivity contribution in [2.45, 2.75) is 182 Å². The van der Waals surface area contributed by atoms with E-state index in [1.54, 1.807) is 0 Å². The molecule has 0 bridgehead atoms. The Morgan fingerprint density at radius 3 is 0.644 bits per heavy atom. The molecule has 0 saturated heterocycles. The molecule has 0 unspecified atom stereocenters. The predicted octanol–water partition coefficient (Wildman–Crippen LogP) is 7.40. The standard InChI is InChI=1S/2C16H34O2PS2.3Mg/c2*1-3-5-7-9-11-13-15-21(19(17,18)20)16-14-12-10-8-6-4-2;;;/h2*3-16H2,1-2H3;;;/q2*-3;3*+2. The molecule has 0 aromatic heterocycles. The normalized spacial score (nSPS) is 11.5. The van der Waals surface area contributed by atoms with Gasteiger partial charge >= 0.3 is 69.2 Å². The molecule has 0 saturated carbocycles. The van der Waals surface area contributed by atoms with E-state index < -0.39 is 31.5 Å². The van der Waals surface area contributed by atoms with Gasteiger partial charge in [-0.05, 0) is 48.7 Å². The molecule has 0 aromatic carbocycles. The molecule has 0 aromatic rings. The van der Waals surface area contributed by atoms with Crippen LogP contribution in [0, 0.1) is 0 Å². The quantitative estimate of drug-likeness (QED) is 0.0356. The second-order valence-corrected chi connectivity index (χ2v) is 27.2. The van der Waals surface area contributed by atoms with Crippen LogP contribution in [0.4, 0.5) is 0 Å².